The van der Waals surface area contributed by atoms with Gasteiger partial charge in [0.25, 0.3) is 0 Å². The Kier molecular flexibility index (Phi) is 16.4. The molecule has 0 amide bonds. The van der Waals surface area contributed by atoms with Crippen LogP contribution in [0.15, 0.2) is 48.5 Å². The minimum atomic E-state index is -0.513. The zero-order chi connectivity index (χ0) is 47.0. The van der Waals surface area contributed by atoms with E-state index in [9.17, 15) is 19.2 Å². The molecule has 0 aromatic heterocycles. The molecule has 0 atom stereocenters. The second kappa shape index (κ2) is 21.0. The molecule has 0 saturated heterocycles. The van der Waals surface area contributed by atoms with Crippen molar-refractivity contribution < 1.29 is 56.1 Å². The largest absolute Gasteiger partial charge is 0.462 e. The molecule has 0 fully saturated rings. The van der Waals surface area contributed by atoms with E-state index in [0.29, 0.717) is 47.2 Å². The first-order valence-corrected chi connectivity index (χ1v) is 23.1. The smallest absolute Gasteiger partial charge is 0.338 e. The van der Waals surface area contributed by atoms with Crippen LogP contribution in [0.5, 0.6) is 0 Å². The van der Waals surface area contributed by atoms with Gasteiger partial charge in [-0.25, -0.2) is 19.2 Å². The summed E-state index contributed by atoms with van der Waals surface area (Å²) in [5, 5.41) is 5.33. The van der Waals surface area contributed by atoms with Gasteiger partial charge in [0.15, 0.2) is 0 Å². The summed E-state index contributed by atoms with van der Waals surface area (Å²) < 4.78 is 26.9. The molecular formula is C52H76N4O8+4. The number of fused-ring (bicyclic) bond motifs is 2. The summed E-state index contributed by atoms with van der Waals surface area (Å²) >= 11 is 0. The standard InChI is InChI=1S/C52H76N4O8/c1-53(2,3)29-13-17-33-61-49(57)41-25-21-37-39-23-27-43(51(59)63-35-19-15-31-55(7,8)9)48-44(52(60)64-36-20-16-32-56(10,11)12)28-24-40(46(39)48)38-22-26-42(47(41)45(37)38)50(58)62-34-18-14-30-54(4,5)6/h21-28H,13-20,29-36H2,1-12H3/q+4. The first-order chi connectivity index (χ1) is 30.0. The zero-order valence-electron chi connectivity index (χ0n) is 41.0. The maximum Gasteiger partial charge on any atom is 0.338 e. The number of rotatable bonds is 24. The minimum Gasteiger partial charge on any atom is -0.462 e. The van der Waals surface area contributed by atoms with Crippen LogP contribution in [0.25, 0.3) is 43.1 Å². The summed E-state index contributed by atoms with van der Waals surface area (Å²) in [4.78, 5) is 56.2. The molecular weight excluding hydrogens is 809 g/mol. The van der Waals surface area contributed by atoms with Crippen LogP contribution in [0.3, 0.4) is 0 Å². The fourth-order valence-corrected chi connectivity index (χ4v) is 8.29. The third-order valence-corrected chi connectivity index (χ3v) is 11.6. The second-order valence-electron chi connectivity index (χ2n) is 21.6. The lowest BCUT2D eigenvalue weighted by molar-refractivity contribution is -0.870. The fraction of sp³-hybridized carbons (Fsp3) is 0.538. The molecule has 0 spiro atoms. The SMILES string of the molecule is C[N+](C)(C)CCCCOC(=O)c1ccc2c3ccc(C(=O)OCCCC[N+](C)(C)C)c4c(C(=O)OCCCC[N+](C)(C)C)ccc(c5ccc(C(=O)OCCCC[N+](C)(C)C)c1c25)c43. The van der Waals surface area contributed by atoms with Crippen LogP contribution in [0.1, 0.15) is 92.8 Å². The molecule has 0 unspecified atom stereocenters. The van der Waals surface area contributed by atoms with Gasteiger partial charge in [-0.15, -0.1) is 0 Å². The molecule has 348 valence electrons. The number of carbonyl (C=O) groups excluding carboxylic acids is 4. The Balaban J connectivity index is 1.63. The Hall–Kier alpha value is -4.88. The van der Waals surface area contributed by atoms with Crippen LogP contribution < -0.4 is 0 Å². The van der Waals surface area contributed by atoms with Crippen molar-refractivity contribution in [2.75, 3.05) is 137 Å². The molecule has 12 heteroatoms. The molecule has 0 radical (unpaired) electrons. The fourth-order valence-electron chi connectivity index (χ4n) is 8.29. The van der Waals surface area contributed by atoms with E-state index in [4.69, 9.17) is 18.9 Å². The number of unbranched alkanes of at least 4 members (excludes halogenated alkanes) is 4. The molecule has 12 nitrogen and oxygen atoms in total. The van der Waals surface area contributed by atoms with Gasteiger partial charge in [0.2, 0.25) is 0 Å². The quantitative estimate of drug-likeness (QED) is 0.0152. The Bertz CT molecular complexity index is 2100. The number of benzene rings is 5. The predicted octanol–water partition coefficient (Wildman–Crippen LogP) is 8.31. The highest BCUT2D eigenvalue weighted by Crippen LogP contribution is 2.44. The Labute approximate surface area is 381 Å². The molecule has 0 heterocycles. The lowest BCUT2D eigenvalue weighted by Gasteiger charge is -2.23. The Morgan fingerprint density at radius 3 is 0.703 bits per heavy atom. The van der Waals surface area contributed by atoms with Gasteiger partial charge in [0.1, 0.15) is 0 Å². The molecule has 64 heavy (non-hydrogen) atoms. The molecule has 0 N–H and O–H groups in total. The number of quaternary nitrogens is 4. The van der Waals surface area contributed by atoms with E-state index in [-0.39, 0.29) is 48.7 Å². The van der Waals surface area contributed by atoms with Crippen LogP contribution in [-0.2, 0) is 18.9 Å². The van der Waals surface area contributed by atoms with Crippen LogP contribution >= 0.6 is 0 Å². The van der Waals surface area contributed by atoms with Gasteiger partial charge >= 0.3 is 23.9 Å². The van der Waals surface area contributed by atoms with E-state index in [1.54, 1.807) is 24.3 Å². The van der Waals surface area contributed by atoms with Crippen molar-refractivity contribution >= 4 is 67.0 Å². The first-order valence-electron chi connectivity index (χ1n) is 23.1. The maximum absolute atomic E-state index is 14.1. The highest BCUT2D eigenvalue weighted by Gasteiger charge is 2.28. The van der Waals surface area contributed by atoms with Gasteiger partial charge in [-0.3, -0.25) is 0 Å². The maximum atomic E-state index is 14.1. The number of nitrogens with zero attached hydrogens (tertiary/aromatic N) is 4. The van der Waals surface area contributed by atoms with Crippen molar-refractivity contribution in [2.45, 2.75) is 51.4 Å². The van der Waals surface area contributed by atoms with Crippen LogP contribution in [0, 0.1) is 0 Å². The summed E-state index contributed by atoms with van der Waals surface area (Å²) in [6.07, 6.45) is 6.42. The highest BCUT2D eigenvalue weighted by atomic mass is 16.5. The van der Waals surface area contributed by atoms with Crippen LogP contribution in [0.4, 0.5) is 0 Å². The molecule has 5 aromatic carbocycles. The minimum absolute atomic E-state index is 0.249. The number of ether oxygens (including phenoxy) is 4. The summed E-state index contributed by atoms with van der Waals surface area (Å²) in [5.41, 5.74) is 1.11. The topological polar surface area (TPSA) is 105 Å². The predicted molar refractivity (Wildman–Crippen MR) is 257 cm³/mol. The molecule has 5 aromatic rings. The summed E-state index contributed by atoms with van der Waals surface area (Å²) in [7, 11) is 25.6. The molecule has 0 aliphatic heterocycles. The summed E-state index contributed by atoms with van der Waals surface area (Å²) in [5.74, 6) is -2.05. The lowest BCUT2D eigenvalue weighted by atomic mass is 9.84. The van der Waals surface area contributed by atoms with Gasteiger partial charge in [0.05, 0.1) is 159 Å². The van der Waals surface area contributed by atoms with Crippen molar-refractivity contribution in [3.63, 3.8) is 0 Å². The van der Waals surface area contributed by atoms with Crippen molar-refractivity contribution in [3.8, 4) is 0 Å². The van der Waals surface area contributed by atoms with E-state index in [1.165, 1.54) is 0 Å². The van der Waals surface area contributed by atoms with E-state index < -0.39 is 23.9 Å². The third kappa shape index (κ3) is 13.6. The average molecular weight is 885 g/mol. The van der Waals surface area contributed by atoms with Gasteiger partial charge in [-0.05, 0) is 108 Å². The monoisotopic (exact) mass is 885 g/mol. The van der Waals surface area contributed by atoms with Crippen molar-refractivity contribution in [1.29, 1.82) is 0 Å². The number of esters is 4. The molecule has 0 bridgehead atoms. The highest BCUT2D eigenvalue weighted by molar-refractivity contribution is 6.38. The normalized spacial score (nSPS) is 12.7. The van der Waals surface area contributed by atoms with E-state index in [1.807, 2.05) is 24.3 Å². The number of hydrogen-bond donors (Lipinski definition) is 0. The van der Waals surface area contributed by atoms with Crippen molar-refractivity contribution in [1.82, 2.24) is 0 Å². The van der Waals surface area contributed by atoms with Crippen molar-refractivity contribution in [2.24, 2.45) is 0 Å². The lowest BCUT2D eigenvalue weighted by Crippen LogP contribution is -2.35. The number of hydrogen-bond acceptors (Lipinski definition) is 8. The molecule has 0 aliphatic carbocycles. The van der Waals surface area contributed by atoms with E-state index in [2.05, 4.69) is 84.6 Å². The Morgan fingerprint density at radius 1 is 0.312 bits per heavy atom. The molecule has 0 aliphatic rings. The van der Waals surface area contributed by atoms with Gasteiger partial charge in [-0.2, -0.15) is 0 Å². The van der Waals surface area contributed by atoms with E-state index in [0.717, 1.165) is 91.3 Å². The van der Waals surface area contributed by atoms with E-state index >= 15 is 0 Å². The molecule has 0 saturated carbocycles. The first kappa shape index (κ1) is 50.1. The van der Waals surface area contributed by atoms with Gasteiger partial charge in [0, 0.05) is 10.8 Å². The zero-order valence-corrected chi connectivity index (χ0v) is 41.0. The molecule has 5 rings (SSSR count). The van der Waals surface area contributed by atoms with Crippen LogP contribution in [-0.4, -0.2) is 179 Å². The summed E-state index contributed by atoms with van der Waals surface area (Å²) in [6.45, 7) is 4.78. The Morgan fingerprint density at radius 2 is 0.516 bits per heavy atom. The van der Waals surface area contributed by atoms with Gasteiger partial charge < -0.3 is 36.9 Å². The third-order valence-electron chi connectivity index (χ3n) is 11.6. The second-order valence-corrected chi connectivity index (χ2v) is 21.6. The number of carbonyl (C=O) groups is 4. The summed E-state index contributed by atoms with van der Waals surface area (Å²) in [6, 6.07) is 14.4. The van der Waals surface area contributed by atoms with Gasteiger partial charge in [-0.1, -0.05) is 24.3 Å². The van der Waals surface area contributed by atoms with Crippen LogP contribution in [0.2, 0.25) is 0 Å². The average Bonchev–Trinajstić information content (AvgIpc) is 3.19. The van der Waals surface area contributed by atoms with Crippen molar-refractivity contribution in [3.05, 3.63) is 70.8 Å².